The third-order valence-electron chi connectivity index (χ3n) is 5.08. The molecule has 1 saturated heterocycles. The summed E-state index contributed by atoms with van der Waals surface area (Å²) in [6, 6.07) is 20.6. The molecule has 29 heavy (non-hydrogen) atoms. The molecule has 1 aliphatic heterocycles. The highest BCUT2D eigenvalue weighted by Crippen LogP contribution is 2.32. The normalized spacial score (nSPS) is 14.7. The SMILES string of the molecule is CC(C)(C)c1ccccc1Nc1cc(N2CCOCC2)nc(-c2ccccc2)n1. The molecule has 150 valence electrons. The number of hydrogen-bond donors (Lipinski definition) is 1. The molecule has 0 radical (unpaired) electrons. The van der Waals surface area contributed by atoms with Crippen molar-refractivity contribution >= 4 is 17.3 Å². The average molecular weight is 389 g/mol. The third-order valence-corrected chi connectivity index (χ3v) is 5.08. The van der Waals surface area contributed by atoms with Gasteiger partial charge in [-0.2, -0.15) is 0 Å². The molecule has 0 unspecified atom stereocenters. The molecule has 0 atom stereocenters. The van der Waals surface area contributed by atoms with E-state index in [4.69, 9.17) is 14.7 Å². The summed E-state index contributed by atoms with van der Waals surface area (Å²) < 4.78 is 5.51. The highest BCUT2D eigenvalue weighted by Gasteiger charge is 2.19. The quantitative estimate of drug-likeness (QED) is 0.680. The van der Waals surface area contributed by atoms with Gasteiger partial charge in [0, 0.05) is 30.4 Å². The smallest absolute Gasteiger partial charge is 0.163 e. The van der Waals surface area contributed by atoms with Gasteiger partial charge in [0.1, 0.15) is 11.6 Å². The number of hydrogen-bond acceptors (Lipinski definition) is 5. The first-order valence-corrected chi connectivity index (χ1v) is 10.1. The number of nitrogens with zero attached hydrogens (tertiary/aromatic N) is 3. The van der Waals surface area contributed by atoms with Crippen molar-refractivity contribution in [2.75, 3.05) is 36.5 Å². The van der Waals surface area contributed by atoms with E-state index in [2.05, 4.69) is 55.3 Å². The summed E-state index contributed by atoms with van der Waals surface area (Å²) in [6.07, 6.45) is 0. The highest BCUT2D eigenvalue weighted by molar-refractivity contribution is 5.68. The van der Waals surface area contributed by atoms with Gasteiger partial charge in [-0.15, -0.1) is 0 Å². The minimum Gasteiger partial charge on any atom is -0.378 e. The van der Waals surface area contributed by atoms with Crippen LogP contribution < -0.4 is 10.2 Å². The lowest BCUT2D eigenvalue weighted by Gasteiger charge is -2.28. The van der Waals surface area contributed by atoms with Crippen molar-refractivity contribution in [3.05, 3.63) is 66.2 Å². The van der Waals surface area contributed by atoms with E-state index in [1.807, 2.05) is 36.4 Å². The van der Waals surface area contributed by atoms with E-state index in [1.54, 1.807) is 0 Å². The van der Waals surface area contributed by atoms with E-state index in [1.165, 1.54) is 5.56 Å². The molecule has 0 amide bonds. The molecule has 0 aliphatic carbocycles. The molecule has 5 heteroatoms. The van der Waals surface area contributed by atoms with Gasteiger partial charge in [0.2, 0.25) is 0 Å². The van der Waals surface area contributed by atoms with Gasteiger partial charge >= 0.3 is 0 Å². The van der Waals surface area contributed by atoms with Crippen molar-refractivity contribution in [3.63, 3.8) is 0 Å². The van der Waals surface area contributed by atoms with Gasteiger partial charge in [-0.05, 0) is 17.0 Å². The van der Waals surface area contributed by atoms with Crippen LogP contribution in [0.25, 0.3) is 11.4 Å². The monoisotopic (exact) mass is 388 g/mol. The van der Waals surface area contributed by atoms with Gasteiger partial charge in [0.25, 0.3) is 0 Å². The molecule has 4 rings (SSSR count). The predicted octanol–water partition coefficient (Wildman–Crippen LogP) is 5.02. The van der Waals surface area contributed by atoms with Crippen LogP contribution in [-0.2, 0) is 10.2 Å². The zero-order valence-corrected chi connectivity index (χ0v) is 17.4. The fourth-order valence-electron chi connectivity index (χ4n) is 3.55. The van der Waals surface area contributed by atoms with Crippen molar-refractivity contribution in [2.45, 2.75) is 26.2 Å². The third kappa shape index (κ3) is 4.57. The molecule has 1 N–H and O–H groups in total. The Balaban J connectivity index is 1.75. The van der Waals surface area contributed by atoms with Crippen molar-refractivity contribution in [1.82, 2.24) is 9.97 Å². The second kappa shape index (κ2) is 8.21. The number of morpholine rings is 1. The summed E-state index contributed by atoms with van der Waals surface area (Å²) in [6.45, 7) is 9.79. The molecule has 3 aromatic rings. The molecule has 2 aromatic carbocycles. The summed E-state index contributed by atoms with van der Waals surface area (Å²) in [5, 5.41) is 3.56. The van der Waals surface area contributed by atoms with E-state index >= 15 is 0 Å². The Morgan fingerprint density at radius 3 is 2.31 bits per heavy atom. The Morgan fingerprint density at radius 2 is 1.59 bits per heavy atom. The van der Waals surface area contributed by atoms with Gasteiger partial charge in [-0.1, -0.05) is 69.3 Å². The zero-order chi connectivity index (χ0) is 20.3. The van der Waals surface area contributed by atoms with Crippen LogP contribution in [0.15, 0.2) is 60.7 Å². The topological polar surface area (TPSA) is 50.3 Å². The summed E-state index contributed by atoms with van der Waals surface area (Å²) in [4.78, 5) is 12.0. The van der Waals surface area contributed by atoms with Crippen molar-refractivity contribution in [2.24, 2.45) is 0 Å². The maximum atomic E-state index is 5.51. The molecule has 1 aliphatic rings. The maximum absolute atomic E-state index is 5.51. The molecule has 1 fully saturated rings. The van der Waals surface area contributed by atoms with Crippen LogP contribution in [-0.4, -0.2) is 36.3 Å². The zero-order valence-electron chi connectivity index (χ0n) is 17.4. The fraction of sp³-hybridized carbons (Fsp3) is 0.333. The summed E-state index contributed by atoms with van der Waals surface area (Å²) >= 11 is 0. The lowest BCUT2D eigenvalue weighted by molar-refractivity contribution is 0.122. The van der Waals surface area contributed by atoms with Crippen LogP contribution in [0.4, 0.5) is 17.3 Å². The molecule has 0 spiro atoms. The maximum Gasteiger partial charge on any atom is 0.163 e. The first-order valence-electron chi connectivity index (χ1n) is 10.1. The summed E-state index contributed by atoms with van der Waals surface area (Å²) in [5.74, 6) is 2.46. The van der Waals surface area contributed by atoms with Gasteiger partial charge in [0.15, 0.2) is 5.82 Å². The Hall–Kier alpha value is -2.92. The fourth-order valence-corrected chi connectivity index (χ4v) is 3.55. The minimum atomic E-state index is 0.0337. The van der Waals surface area contributed by atoms with E-state index in [-0.39, 0.29) is 5.41 Å². The highest BCUT2D eigenvalue weighted by atomic mass is 16.5. The number of para-hydroxylation sites is 1. The largest absolute Gasteiger partial charge is 0.378 e. The van der Waals surface area contributed by atoms with Crippen molar-refractivity contribution in [3.8, 4) is 11.4 Å². The van der Waals surface area contributed by atoms with Crippen molar-refractivity contribution < 1.29 is 4.74 Å². The number of anilines is 3. The number of nitrogens with one attached hydrogen (secondary N) is 1. The molecule has 1 aromatic heterocycles. The Kier molecular flexibility index (Phi) is 5.49. The van der Waals surface area contributed by atoms with Crippen LogP contribution in [0, 0.1) is 0 Å². The van der Waals surface area contributed by atoms with Crippen LogP contribution in [0.3, 0.4) is 0 Å². The Labute approximate surface area is 172 Å². The average Bonchev–Trinajstić information content (AvgIpc) is 2.74. The molecular weight excluding hydrogens is 360 g/mol. The van der Waals surface area contributed by atoms with Crippen LogP contribution in [0.1, 0.15) is 26.3 Å². The predicted molar refractivity (Wildman–Crippen MR) is 119 cm³/mol. The first-order chi connectivity index (χ1) is 14.0. The molecular formula is C24H28N4O. The van der Waals surface area contributed by atoms with Gasteiger partial charge in [-0.3, -0.25) is 0 Å². The number of ether oxygens (including phenoxy) is 1. The Bertz CT molecular complexity index is 960. The van der Waals surface area contributed by atoms with Gasteiger partial charge < -0.3 is 15.0 Å². The number of benzene rings is 2. The molecule has 0 bridgehead atoms. The molecule has 0 saturated carbocycles. The van der Waals surface area contributed by atoms with E-state index in [0.29, 0.717) is 0 Å². The Morgan fingerprint density at radius 1 is 0.897 bits per heavy atom. The van der Waals surface area contributed by atoms with Gasteiger partial charge in [-0.25, -0.2) is 9.97 Å². The lowest BCUT2D eigenvalue weighted by Crippen LogP contribution is -2.36. The molecule has 2 heterocycles. The standard InChI is InChI=1S/C24H28N4O/c1-24(2,3)19-11-7-8-12-20(19)25-21-17-22(28-13-15-29-16-14-28)27-23(26-21)18-9-5-4-6-10-18/h4-12,17H,13-16H2,1-3H3,(H,25,26,27). The molecule has 5 nitrogen and oxygen atoms in total. The van der Waals surface area contributed by atoms with Crippen LogP contribution >= 0.6 is 0 Å². The van der Waals surface area contributed by atoms with E-state index in [9.17, 15) is 0 Å². The first kappa shape index (κ1) is 19.4. The summed E-state index contributed by atoms with van der Waals surface area (Å²) in [5.41, 5.74) is 3.37. The second-order valence-corrected chi connectivity index (χ2v) is 8.32. The number of aromatic nitrogens is 2. The van der Waals surface area contributed by atoms with Crippen LogP contribution in [0.2, 0.25) is 0 Å². The van der Waals surface area contributed by atoms with E-state index in [0.717, 1.165) is 55.0 Å². The second-order valence-electron chi connectivity index (χ2n) is 8.32. The summed E-state index contributed by atoms with van der Waals surface area (Å²) in [7, 11) is 0. The number of rotatable bonds is 4. The van der Waals surface area contributed by atoms with E-state index < -0.39 is 0 Å². The van der Waals surface area contributed by atoms with Gasteiger partial charge in [0.05, 0.1) is 13.2 Å². The minimum absolute atomic E-state index is 0.0337. The van der Waals surface area contributed by atoms with Crippen LogP contribution in [0.5, 0.6) is 0 Å². The lowest BCUT2D eigenvalue weighted by atomic mass is 9.86. The van der Waals surface area contributed by atoms with Crippen molar-refractivity contribution in [1.29, 1.82) is 0 Å².